The van der Waals surface area contributed by atoms with E-state index in [1.165, 1.54) is 0 Å². The molecule has 1 amide bonds. The Bertz CT molecular complexity index is 898. The highest BCUT2D eigenvalue weighted by molar-refractivity contribution is 5.97. The number of benzene rings is 1. The van der Waals surface area contributed by atoms with Crippen molar-refractivity contribution in [2.75, 3.05) is 6.54 Å². The van der Waals surface area contributed by atoms with Gasteiger partial charge in [0.05, 0.1) is 11.2 Å². The molecule has 0 aliphatic heterocycles. The molecule has 0 aliphatic rings. The van der Waals surface area contributed by atoms with Gasteiger partial charge in [0.1, 0.15) is 0 Å². The average Bonchev–Trinajstić information content (AvgIpc) is 2.84. The molecule has 2 heterocycles. The predicted molar refractivity (Wildman–Crippen MR) is 94.8 cm³/mol. The van der Waals surface area contributed by atoms with Gasteiger partial charge in [-0.15, -0.1) is 0 Å². The van der Waals surface area contributed by atoms with E-state index >= 15 is 0 Å². The summed E-state index contributed by atoms with van der Waals surface area (Å²) < 4.78 is 1.87. The number of carbonyl (C=O) groups excluding carboxylic acids is 1. The molecule has 0 N–H and O–H groups in total. The van der Waals surface area contributed by atoms with Crippen LogP contribution in [0.1, 0.15) is 34.2 Å². The van der Waals surface area contributed by atoms with Crippen LogP contribution in [-0.4, -0.2) is 32.1 Å². The summed E-state index contributed by atoms with van der Waals surface area (Å²) in [6.45, 7) is 7.25. The van der Waals surface area contributed by atoms with Crippen molar-refractivity contribution in [1.82, 2.24) is 19.7 Å². The van der Waals surface area contributed by atoms with E-state index in [0.29, 0.717) is 18.7 Å². The summed E-state index contributed by atoms with van der Waals surface area (Å²) in [4.78, 5) is 19.1. The summed E-state index contributed by atoms with van der Waals surface area (Å²) >= 11 is 0. The van der Waals surface area contributed by atoms with Crippen molar-refractivity contribution in [3.05, 3.63) is 59.0 Å². The van der Waals surface area contributed by atoms with Gasteiger partial charge in [-0.25, -0.2) is 0 Å². The first-order valence-corrected chi connectivity index (χ1v) is 8.14. The first-order valence-electron chi connectivity index (χ1n) is 8.14. The molecule has 0 atom stereocenters. The van der Waals surface area contributed by atoms with E-state index in [0.717, 1.165) is 27.9 Å². The number of nitrogens with zero attached hydrogens (tertiary/aromatic N) is 4. The molecule has 5 nitrogen and oxygen atoms in total. The summed E-state index contributed by atoms with van der Waals surface area (Å²) in [5.41, 5.74) is 4.79. The second-order valence-corrected chi connectivity index (χ2v) is 6.00. The molecule has 0 saturated carbocycles. The molecular weight excluding hydrogens is 300 g/mol. The highest BCUT2D eigenvalue weighted by atomic mass is 16.2. The Morgan fingerprint density at radius 3 is 2.71 bits per heavy atom. The van der Waals surface area contributed by atoms with Crippen molar-refractivity contribution < 1.29 is 4.79 Å². The van der Waals surface area contributed by atoms with Crippen molar-refractivity contribution in [2.45, 2.75) is 27.3 Å². The van der Waals surface area contributed by atoms with E-state index in [1.54, 1.807) is 6.20 Å². The third-order valence-electron chi connectivity index (χ3n) is 4.53. The van der Waals surface area contributed by atoms with Crippen LogP contribution in [0.25, 0.3) is 10.9 Å². The number of amides is 1. The Hall–Kier alpha value is -2.69. The first-order chi connectivity index (χ1) is 11.5. The van der Waals surface area contributed by atoms with Crippen molar-refractivity contribution in [3.63, 3.8) is 0 Å². The maximum absolute atomic E-state index is 12.9. The molecule has 0 bridgehead atoms. The van der Waals surface area contributed by atoms with Gasteiger partial charge in [0.25, 0.3) is 5.91 Å². The fourth-order valence-corrected chi connectivity index (χ4v) is 2.96. The summed E-state index contributed by atoms with van der Waals surface area (Å²) in [6, 6.07) is 9.53. The number of aromatic nitrogens is 3. The lowest BCUT2D eigenvalue weighted by Crippen LogP contribution is -2.30. The molecule has 124 valence electrons. The zero-order chi connectivity index (χ0) is 17.3. The molecule has 2 aromatic heterocycles. The monoisotopic (exact) mass is 322 g/mol. The van der Waals surface area contributed by atoms with Crippen LogP contribution < -0.4 is 0 Å². The van der Waals surface area contributed by atoms with Gasteiger partial charge in [-0.3, -0.25) is 14.5 Å². The lowest BCUT2D eigenvalue weighted by atomic mass is 10.1. The fourth-order valence-electron chi connectivity index (χ4n) is 2.96. The van der Waals surface area contributed by atoms with Gasteiger partial charge in [0, 0.05) is 48.5 Å². The predicted octanol–water partition coefficient (Wildman–Crippen LogP) is 3.25. The first kappa shape index (κ1) is 16.2. The Kier molecular flexibility index (Phi) is 4.34. The van der Waals surface area contributed by atoms with Gasteiger partial charge < -0.3 is 4.90 Å². The lowest BCUT2D eigenvalue weighted by Gasteiger charge is -2.21. The van der Waals surface area contributed by atoms with Gasteiger partial charge in [0.15, 0.2) is 0 Å². The van der Waals surface area contributed by atoms with Gasteiger partial charge in [-0.2, -0.15) is 5.10 Å². The minimum atomic E-state index is 0.0332. The van der Waals surface area contributed by atoms with E-state index in [9.17, 15) is 4.79 Å². The van der Waals surface area contributed by atoms with Gasteiger partial charge in [-0.05, 0) is 45.0 Å². The Labute approximate surface area is 141 Å². The number of hydrogen-bond donors (Lipinski definition) is 0. The number of fused-ring (bicyclic) bond motifs is 1. The number of pyridine rings is 1. The molecule has 0 spiro atoms. The molecule has 0 fully saturated rings. The van der Waals surface area contributed by atoms with E-state index < -0.39 is 0 Å². The molecule has 3 aromatic rings. The summed E-state index contributed by atoms with van der Waals surface area (Å²) in [7, 11) is 1.93. The minimum absolute atomic E-state index is 0.0332. The quantitative estimate of drug-likeness (QED) is 0.741. The SMILES string of the molecule is CCN(Cc1c(C)nn(C)c1C)C(=O)c1ccc2ncccc2c1. The second-order valence-electron chi connectivity index (χ2n) is 6.00. The molecule has 24 heavy (non-hydrogen) atoms. The number of rotatable bonds is 4. The van der Waals surface area contributed by atoms with E-state index in [-0.39, 0.29) is 5.91 Å². The van der Waals surface area contributed by atoms with Crippen molar-refractivity contribution >= 4 is 16.8 Å². The standard InChI is InChI=1S/C19H22N4O/c1-5-23(12-17-13(2)21-22(4)14(17)3)19(24)16-8-9-18-15(11-16)7-6-10-20-18/h6-11H,5,12H2,1-4H3. The zero-order valence-corrected chi connectivity index (χ0v) is 14.6. The largest absolute Gasteiger partial charge is 0.334 e. The summed E-state index contributed by atoms with van der Waals surface area (Å²) in [6.07, 6.45) is 1.76. The Balaban J connectivity index is 1.90. The van der Waals surface area contributed by atoms with Gasteiger partial charge >= 0.3 is 0 Å². The third kappa shape index (κ3) is 2.89. The highest BCUT2D eigenvalue weighted by Crippen LogP contribution is 2.19. The zero-order valence-electron chi connectivity index (χ0n) is 14.6. The second kappa shape index (κ2) is 6.43. The highest BCUT2D eigenvalue weighted by Gasteiger charge is 2.19. The van der Waals surface area contributed by atoms with Crippen LogP contribution in [-0.2, 0) is 13.6 Å². The number of carbonyl (C=O) groups is 1. The Morgan fingerprint density at radius 2 is 2.04 bits per heavy atom. The molecule has 0 radical (unpaired) electrons. The fraction of sp³-hybridized carbons (Fsp3) is 0.316. The van der Waals surface area contributed by atoms with Crippen molar-refractivity contribution in [3.8, 4) is 0 Å². The molecule has 0 unspecified atom stereocenters. The Morgan fingerprint density at radius 1 is 1.25 bits per heavy atom. The number of aryl methyl sites for hydroxylation is 2. The molecule has 0 aliphatic carbocycles. The normalized spacial score (nSPS) is 11.0. The van der Waals surface area contributed by atoms with Crippen LogP contribution in [0.5, 0.6) is 0 Å². The van der Waals surface area contributed by atoms with Crippen LogP contribution in [0.4, 0.5) is 0 Å². The van der Waals surface area contributed by atoms with Crippen LogP contribution in [0.3, 0.4) is 0 Å². The maximum Gasteiger partial charge on any atom is 0.254 e. The third-order valence-corrected chi connectivity index (χ3v) is 4.53. The topological polar surface area (TPSA) is 51.0 Å². The van der Waals surface area contributed by atoms with Crippen molar-refractivity contribution in [2.24, 2.45) is 7.05 Å². The molecule has 3 rings (SSSR count). The van der Waals surface area contributed by atoms with Gasteiger partial charge in [-0.1, -0.05) is 6.07 Å². The molecule has 1 aromatic carbocycles. The maximum atomic E-state index is 12.9. The van der Waals surface area contributed by atoms with Gasteiger partial charge in [0.2, 0.25) is 0 Å². The smallest absolute Gasteiger partial charge is 0.254 e. The van der Waals surface area contributed by atoms with Crippen LogP contribution >= 0.6 is 0 Å². The van der Waals surface area contributed by atoms with Crippen LogP contribution in [0, 0.1) is 13.8 Å². The van der Waals surface area contributed by atoms with Crippen LogP contribution in [0.15, 0.2) is 36.5 Å². The number of hydrogen-bond acceptors (Lipinski definition) is 3. The molecule has 5 heteroatoms. The molecule has 0 saturated heterocycles. The summed E-state index contributed by atoms with van der Waals surface area (Å²) in [5, 5.41) is 5.42. The van der Waals surface area contributed by atoms with Crippen molar-refractivity contribution in [1.29, 1.82) is 0 Å². The van der Waals surface area contributed by atoms with E-state index in [1.807, 2.05) is 67.7 Å². The summed E-state index contributed by atoms with van der Waals surface area (Å²) in [5.74, 6) is 0.0332. The average molecular weight is 322 g/mol. The lowest BCUT2D eigenvalue weighted by molar-refractivity contribution is 0.0752. The minimum Gasteiger partial charge on any atom is -0.334 e. The van der Waals surface area contributed by atoms with Crippen LogP contribution in [0.2, 0.25) is 0 Å². The van der Waals surface area contributed by atoms with E-state index in [4.69, 9.17) is 0 Å². The van der Waals surface area contributed by atoms with E-state index in [2.05, 4.69) is 10.1 Å². The molecular formula is C19H22N4O.